The summed E-state index contributed by atoms with van der Waals surface area (Å²) in [6.45, 7) is 3.74. The van der Waals surface area contributed by atoms with Crippen LogP contribution < -0.4 is 5.56 Å². The summed E-state index contributed by atoms with van der Waals surface area (Å²) in [6.07, 6.45) is 1.69. The topological polar surface area (TPSA) is 84.7 Å². The highest BCUT2D eigenvalue weighted by Gasteiger charge is 2.14. The molecule has 0 atom stereocenters. The third kappa shape index (κ3) is 2.38. The van der Waals surface area contributed by atoms with Crippen molar-refractivity contribution in [2.24, 2.45) is 0 Å². The number of aryl methyl sites for hydroxylation is 2. The van der Waals surface area contributed by atoms with Gasteiger partial charge in [0.25, 0.3) is 11.4 Å². The summed E-state index contributed by atoms with van der Waals surface area (Å²) in [5.41, 5.74) is 3.71. The lowest BCUT2D eigenvalue weighted by Gasteiger charge is -2.07. The van der Waals surface area contributed by atoms with Crippen LogP contribution in [0.2, 0.25) is 0 Å². The van der Waals surface area contributed by atoms with Crippen LogP contribution in [0.1, 0.15) is 11.4 Å². The fourth-order valence-electron chi connectivity index (χ4n) is 2.72. The molecule has 0 saturated heterocycles. The van der Waals surface area contributed by atoms with Gasteiger partial charge in [0.05, 0.1) is 11.2 Å². The van der Waals surface area contributed by atoms with E-state index >= 15 is 0 Å². The summed E-state index contributed by atoms with van der Waals surface area (Å²) < 4.78 is 5.14. The molecule has 0 saturated carbocycles. The van der Waals surface area contributed by atoms with Crippen LogP contribution in [0.3, 0.4) is 0 Å². The van der Waals surface area contributed by atoms with E-state index in [1.807, 2.05) is 25.1 Å². The van der Waals surface area contributed by atoms with Crippen molar-refractivity contribution in [3.8, 4) is 22.7 Å². The maximum absolute atomic E-state index is 12.3. The predicted molar refractivity (Wildman–Crippen MR) is 90.6 cm³/mol. The van der Waals surface area contributed by atoms with Crippen LogP contribution in [0.15, 0.2) is 51.9 Å². The molecule has 118 valence electrons. The Balaban J connectivity index is 2.01. The standard InChI is InChI=1S/C18H14N4O2/c1-10-4-3-5-12(8-10)16-13-9-14(18-20-11(2)22-24-18)17(23)21-15(13)6-7-19-16/h3-9H,1-2H3,(H,21,23). The lowest BCUT2D eigenvalue weighted by molar-refractivity contribution is 0.425. The zero-order chi connectivity index (χ0) is 16.7. The molecule has 4 rings (SSSR count). The lowest BCUT2D eigenvalue weighted by atomic mass is 10.0. The summed E-state index contributed by atoms with van der Waals surface area (Å²) >= 11 is 0. The Kier molecular flexibility index (Phi) is 3.23. The molecule has 0 unspecified atom stereocenters. The first-order chi connectivity index (χ1) is 11.6. The summed E-state index contributed by atoms with van der Waals surface area (Å²) in [4.78, 5) is 23.9. The van der Waals surface area contributed by atoms with Gasteiger partial charge in [0.15, 0.2) is 5.82 Å². The number of nitrogens with one attached hydrogen (secondary N) is 1. The van der Waals surface area contributed by atoms with Crippen molar-refractivity contribution in [3.63, 3.8) is 0 Å². The molecule has 3 aromatic heterocycles. The maximum Gasteiger partial charge on any atom is 0.263 e. The fraction of sp³-hybridized carbons (Fsp3) is 0.111. The number of nitrogens with zero attached hydrogens (tertiary/aromatic N) is 3. The second-order valence-corrected chi connectivity index (χ2v) is 5.65. The van der Waals surface area contributed by atoms with Crippen LogP contribution >= 0.6 is 0 Å². The third-order valence-electron chi connectivity index (χ3n) is 3.82. The first kappa shape index (κ1) is 14.3. The van der Waals surface area contributed by atoms with Gasteiger partial charge in [-0.15, -0.1) is 0 Å². The second kappa shape index (κ2) is 5.42. The van der Waals surface area contributed by atoms with E-state index in [-0.39, 0.29) is 11.4 Å². The number of hydrogen-bond donors (Lipinski definition) is 1. The Hall–Kier alpha value is -3.28. The quantitative estimate of drug-likeness (QED) is 0.613. The van der Waals surface area contributed by atoms with Gasteiger partial charge in [0, 0.05) is 17.1 Å². The lowest BCUT2D eigenvalue weighted by Crippen LogP contribution is -2.09. The minimum atomic E-state index is -0.271. The summed E-state index contributed by atoms with van der Waals surface area (Å²) in [7, 11) is 0. The van der Waals surface area contributed by atoms with Crippen molar-refractivity contribution in [2.45, 2.75) is 13.8 Å². The third-order valence-corrected chi connectivity index (χ3v) is 3.82. The van der Waals surface area contributed by atoms with Crippen LogP contribution in [-0.4, -0.2) is 20.1 Å². The monoisotopic (exact) mass is 318 g/mol. The van der Waals surface area contributed by atoms with Gasteiger partial charge < -0.3 is 9.51 Å². The highest BCUT2D eigenvalue weighted by atomic mass is 16.5. The summed E-state index contributed by atoms with van der Waals surface area (Å²) in [5, 5.41) is 4.58. The molecule has 1 N–H and O–H groups in total. The van der Waals surface area contributed by atoms with Crippen molar-refractivity contribution in [3.05, 3.63) is 64.3 Å². The minimum Gasteiger partial charge on any atom is -0.334 e. The van der Waals surface area contributed by atoms with Crippen LogP contribution in [0.25, 0.3) is 33.6 Å². The van der Waals surface area contributed by atoms with Gasteiger partial charge >= 0.3 is 0 Å². The molecule has 0 amide bonds. The average molecular weight is 318 g/mol. The van der Waals surface area contributed by atoms with E-state index in [4.69, 9.17) is 4.52 Å². The molecule has 6 heteroatoms. The second-order valence-electron chi connectivity index (χ2n) is 5.65. The van der Waals surface area contributed by atoms with Gasteiger partial charge in [-0.1, -0.05) is 28.9 Å². The van der Waals surface area contributed by atoms with Crippen molar-refractivity contribution >= 4 is 10.9 Å². The first-order valence-electron chi connectivity index (χ1n) is 7.51. The van der Waals surface area contributed by atoms with Crippen LogP contribution in [0.4, 0.5) is 0 Å². The number of pyridine rings is 2. The Bertz CT molecular complexity index is 1110. The Morgan fingerprint density at radius 2 is 2.00 bits per heavy atom. The number of hydrogen-bond acceptors (Lipinski definition) is 5. The molecule has 24 heavy (non-hydrogen) atoms. The summed E-state index contributed by atoms with van der Waals surface area (Å²) in [5.74, 6) is 0.685. The van der Waals surface area contributed by atoms with E-state index in [2.05, 4.69) is 26.2 Å². The van der Waals surface area contributed by atoms with Crippen LogP contribution in [-0.2, 0) is 0 Å². The van der Waals surface area contributed by atoms with Gasteiger partial charge in [0.1, 0.15) is 5.56 Å². The highest BCUT2D eigenvalue weighted by Crippen LogP contribution is 2.27. The Morgan fingerprint density at radius 3 is 2.75 bits per heavy atom. The largest absolute Gasteiger partial charge is 0.334 e. The zero-order valence-corrected chi connectivity index (χ0v) is 13.2. The number of rotatable bonds is 2. The predicted octanol–water partition coefficient (Wildman–Crippen LogP) is 3.26. The normalized spacial score (nSPS) is 11.1. The number of H-pyrrole nitrogens is 1. The number of benzene rings is 1. The Morgan fingerprint density at radius 1 is 1.12 bits per heavy atom. The molecular weight excluding hydrogens is 304 g/mol. The van der Waals surface area contributed by atoms with E-state index in [1.54, 1.807) is 25.3 Å². The van der Waals surface area contributed by atoms with E-state index in [0.29, 0.717) is 16.9 Å². The molecule has 0 radical (unpaired) electrons. The van der Waals surface area contributed by atoms with E-state index < -0.39 is 0 Å². The molecule has 0 aliphatic heterocycles. The first-order valence-corrected chi connectivity index (χ1v) is 7.51. The zero-order valence-electron chi connectivity index (χ0n) is 13.2. The van der Waals surface area contributed by atoms with Crippen LogP contribution in [0, 0.1) is 13.8 Å². The van der Waals surface area contributed by atoms with E-state index in [1.165, 1.54) is 0 Å². The Labute approximate surface area is 137 Å². The van der Waals surface area contributed by atoms with Gasteiger partial charge in [-0.2, -0.15) is 4.98 Å². The number of aromatic amines is 1. The molecule has 1 aromatic carbocycles. The smallest absolute Gasteiger partial charge is 0.263 e. The molecule has 0 bridgehead atoms. The van der Waals surface area contributed by atoms with Crippen molar-refractivity contribution in [1.29, 1.82) is 0 Å². The summed E-state index contributed by atoms with van der Waals surface area (Å²) in [6, 6.07) is 11.6. The molecule has 3 heterocycles. The fourth-order valence-corrected chi connectivity index (χ4v) is 2.72. The van der Waals surface area contributed by atoms with Crippen molar-refractivity contribution in [2.75, 3.05) is 0 Å². The number of aromatic nitrogens is 4. The van der Waals surface area contributed by atoms with Gasteiger partial charge in [0.2, 0.25) is 0 Å². The molecule has 4 aromatic rings. The average Bonchev–Trinajstić information content (AvgIpc) is 3.00. The molecule has 0 aliphatic rings. The molecule has 0 aliphatic carbocycles. The number of fused-ring (bicyclic) bond motifs is 1. The minimum absolute atomic E-state index is 0.203. The van der Waals surface area contributed by atoms with Gasteiger partial charge in [-0.3, -0.25) is 9.78 Å². The molecular formula is C18H14N4O2. The highest BCUT2D eigenvalue weighted by molar-refractivity contribution is 5.94. The van der Waals surface area contributed by atoms with Crippen LogP contribution in [0.5, 0.6) is 0 Å². The SMILES string of the molecule is Cc1cccc(-c2nccc3[nH]c(=O)c(-c4nc(C)no4)cc23)c1. The van der Waals surface area contributed by atoms with Crippen molar-refractivity contribution in [1.82, 2.24) is 20.1 Å². The van der Waals surface area contributed by atoms with Gasteiger partial charge in [-0.25, -0.2) is 0 Å². The molecule has 0 fully saturated rings. The van der Waals surface area contributed by atoms with Crippen molar-refractivity contribution < 1.29 is 4.52 Å². The van der Waals surface area contributed by atoms with E-state index in [0.717, 1.165) is 22.2 Å². The maximum atomic E-state index is 12.3. The molecule has 0 spiro atoms. The molecule has 6 nitrogen and oxygen atoms in total. The van der Waals surface area contributed by atoms with Gasteiger partial charge in [-0.05, 0) is 32.0 Å². The van der Waals surface area contributed by atoms with E-state index in [9.17, 15) is 4.79 Å².